The van der Waals surface area contributed by atoms with Crippen LogP contribution in [0.15, 0.2) is 0 Å². The maximum atomic E-state index is 12.0. The van der Waals surface area contributed by atoms with Gasteiger partial charge < -0.3 is 15.0 Å². The summed E-state index contributed by atoms with van der Waals surface area (Å²) in [5.74, 6) is 0.158. The number of hydrogen-bond acceptors (Lipinski definition) is 4. The first-order valence-corrected chi connectivity index (χ1v) is 9.24. The molecule has 2 aliphatic heterocycles. The van der Waals surface area contributed by atoms with Gasteiger partial charge in [-0.05, 0) is 20.3 Å². The van der Waals surface area contributed by atoms with Crippen LogP contribution < -0.4 is 5.32 Å². The number of urea groups is 1. The Hall–Kier alpha value is -0.860. The van der Waals surface area contributed by atoms with Crippen LogP contribution in [0.1, 0.15) is 20.3 Å². The zero-order valence-electron chi connectivity index (χ0n) is 12.9. The molecule has 122 valence electrons. The summed E-state index contributed by atoms with van der Waals surface area (Å²) in [6.07, 6.45) is 1.92. The second-order valence-corrected chi connectivity index (χ2v) is 8.11. The summed E-state index contributed by atoms with van der Waals surface area (Å²) in [5.41, 5.74) is 0. The minimum absolute atomic E-state index is 0.0729. The molecule has 0 aromatic heterocycles. The van der Waals surface area contributed by atoms with E-state index in [2.05, 4.69) is 5.32 Å². The van der Waals surface area contributed by atoms with Crippen molar-refractivity contribution >= 4 is 16.1 Å². The minimum Gasteiger partial charge on any atom is -0.375 e. The molecule has 2 saturated heterocycles. The number of nitrogens with one attached hydrogen (secondary N) is 1. The number of rotatable bonds is 2. The van der Waals surface area contributed by atoms with Crippen molar-refractivity contribution in [3.05, 3.63) is 0 Å². The van der Waals surface area contributed by atoms with Gasteiger partial charge in [0.15, 0.2) is 0 Å². The molecular weight excluding hydrogens is 294 g/mol. The molecule has 2 fully saturated rings. The van der Waals surface area contributed by atoms with E-state index in [1.807, 2.05) is 13.8 Å². The molecule has 2 amide bonds. The average molecular weight is 319 g/mol. The predicted molar refractivity (Wildman–Crippen MR) is 79.5 cm³/mol. The molecule has 2 heterocycles. The molecule has 0 aliphatic carbocycles. The highest BCUT2D eigenvalue weighted by Gasteiger charge is 2.36. The molecule has 2 atom stereocenters. The Bertz CT molecular complexity index is 480. The predicted octanol–water partition coefficient (Wildman–Crippen LogP) is 0.0867. The molecule has 8 heteroatoms. The summed E-state index contributed by atoms with van der Waals surface area (Å²) < 4.78 is 30.7. The molecule has 1 N–H and O–H groups in total. The van der Waals surface area contributed by atoms with Gasteiger partial charge in [-0.2, -0.15) is 4.31 Å². The van der Waals surface area contributed by atoms with Crippen LogP contribution in [0.5, 0.6) is 0 Å². The molecule has 0 aromatic rings. The van der Waals surface area contributed by atoms with Crippen molar-refractivity contribution in [2.24, 2.45) is 5.92 Å². The number of carbonyl (C=O) groups excluding carboxylic acids is 1. The normalized spacial score (nSPS) is 28.1. The van der Waals surface area contributed by atoms with E-state index < -0.39 is 10.0 Å². The number of ether oxygens (including phenoxy) is 1. The molecule has 2 rings (SSSR count). The van der Waals surface area contributed by atoms with Gasteiger partial charge in [-0.15, -0.1) is 0 Å². The number of fused-ring (bicyclic) bond motifs is 1. The number of hydrogen-bond donors (Lipinski definition) is 1. The van der Waals surface area contributed by atoms with Crippen molar-refractivity contribution in [2.45, 2.75) is 32.4 Å². The van der Waals surface area contributed by atoms with Crippen molar-refractivity contribution in [1.82, 2.24) is 14.5 Å². The van der Waals surface area contributed by atoms with E-state index in [1.165, 1.54) is 10.6 Å². The fraction of sp³-hybridized carbons (Fsp3) is 0.923. The number of nitrogens with zero attached hydrogens (tertiary/aromatic N) is 2. The standard InChI is InChI=1S/C13H25N3O4S/c1-10(2)14-13(17)15-5-4-11-8-16(21(3,18)19)6-7-20-12(11)9-15/h10-12H,4-9H2,1-3H3,(H,14,17)/t11-,12-/m0/s1. The Kier molecular flexibility index (Phi) is 5.11. The van der Waals surface area contributed by atoms with E-state index in [9.17, 15) is 13.2 Å². The van der Waals surface area contributed by atoms with Crippen LogP contribution in [0, 0.1) is 5.92 Å². The fourth-order valence-corrected chi connectivity index (χ4v) is 3.71. The summed E-state index contributed by atoms with van der Waals surface area (Å²) in [6, 6.07) is 0.0299. The quantitative estimate of drug-likeness (QED) is 0.782. The second-order valence-electron chi connectivity index (χ2n) is 6.13. The zero-order chi connectivity index (χ0) is 15.6. The first-order chi connectivity index (χ1) is 9.77. The topological polar surface area (TPSA) is 79.0 Å². The molecule has 0 unspecified atom stereocenters. The Morgan fingerprint density at radius 1 is 1.29 bits per heavy atom. The average Bonchev–Trinajstić information content (AvgIpc) is 2.58. The molecule has 0 spiro atoms. The SMILES string of the molecule is CC(C)NC(=O)N1CC[C@H]2CN(S(C)(=O)=O)CCO[C@H]2C1. The van der Waals surface area contributed by atoms with Gasteiger partial charge in [0.05, 0.1) is 19.0 Å². The minimum atomic E-state index is -3.19. The first-order valence-electron chi connectivity index (χ1n) is 7.39. The first kappa shape index (κ1) is 16.5. The molecule has 7 nitrogen and oxygen atoms in total. The van der Waals surface area contributed by atoms with Crippen LogP contribution >= 0.6 is 0 Å². The monoisotopic (exact) mass is 319 g/mol. The van der Waals surface area contributed by atoms with Gasteiger partial charge in [0, 0.05) is 38.1 Å². The Morgan fingerprint density at radius 2 is 2.00 bits per heavy atom. The smallest absolute Gasteiger partial charge is 0.317 e. The summed E-state index contributed by atoms with van der Waals surface area (Å²) in [7, 11) is -3.19. The molecule has 0 saturated carbocycles. The van der Waals surface area contributed by atoms with Gasteiger partial charge in [0.2, 0.25) is 10.0 Å². The van der Waals surface area contributed by atoms with Gasteiger partial charge >= 0.3 is 6.03 Å². The van der Waals surface area contributed by atoms with E-state index in [0.717, 1.165) is 6.42 Å². The van der Waals surface area contributed by atoms with E-state index in [1.54, 1.807) is 4.90 Å². The van der Waals surface area contributed by atoms with Crippen molar-refractivity contribution < 1.29 is 17.9 Å². The summed E-state index contributed by atoms with van der Waals surface area (Å²) >= 11 is 0. The van der Waals surface area contributed by atoms with E-state index in [0.29, 0.717) is 32.8 Å². The molecule has 0 aromatic carbocycles. The van der Waals surface area contributed by atoms with Gasteiger partial charge in [-0.1, -0.05) is 0 Å². The highest BCUT2D eigenvalue weighted by Crippen LogP contribution is 2.25. The van der Waals surface area contributed by atoms with E-state index in [4.69, 9.17) is 4.74 Å². The molecule has 0 bridgehead atoms. The van der Waals surface area contributed by atoms with E-state index >= 15 is 0 Å². The summed E-state index contributed by atoms with van der Waals surface area (Å²) in [4.78, 5) is 13.8. The Labute approximate surface area is 126 Å². The van der Waals surface area contributed by atoms with Crippen molar-refractivity contribution in [3.63, 3.8) is 0 Å². The van der Waals surface area contributed by atoms with Crippen molar-refractivity contribution in [3.8, 4) is 0 Å². The maximum absolute atomic E-state index is 12.0. The van der Waals surface area contributed by atoms with Gasteiger partial charge in [0.1, 0.15) is 0 Å². The Morgan fingerprint density at radius 3 is 2.62 bits per heavy atom. The Balaban J connectivity index is 1.98. The van der Waals surface area contributed by atoms with Crippen LogP contribution in [0.3, 0.4) is 0 Å². The second kappa shape index (κ2) is 6.50. The van der Waals surface area contributed by atoms with Crippen LogP contribution in [0.4, 0.5) is 4.79 Å². The zero-order valence-corrected chi connectivity index (χ0v) is 13.7. The van der Waals surface area contributed by atoms with Crippen LogP contribution in [0.25, 0.3) is 0 Å². The van der Waals surface area contributed by atoms with Gasteiger partial charge in [-0.25, -0.2) is 13.2 Å². The number of sulfonamides is 1. The number of carbonyl (C=O) groups is 1. The van der Waals surface area contributed by atoms with Gasteiger partial charge in [-0.3, -0.25) is 0 Å². The lowest BCUT2D eigenvalue weighted by molar-refractivity contribution is -0.0112. The molecular formula is C13H25N3O4S. The third-order valence-corrected chi connectivity index (χ3v) is 5.24. The summed E-state index contributed by atoms with van der Waals surface area (Å²) in [6.45, 7) is 6.29. The number of amides is 2. The molecule has 21 heavy (non-hydrogen) atoms. The number of likely N-dealkylation sites (tertiary alicyclic amines) is 1. The molecule has 0 radical (unpaired) electrons. The maximum Gasteiger partial charge on any atom is 0.317 e. The van der Waals surface area contributed by atoms with Crippen molar-refractivity contribution in [1.29, 1.82) is 0 Å². The lowest BCUT2D eigenvalue weighted by Crippen LogP contribution is -2.53. The highest BCUT2D eigenvalue weighted by atomic mass is 32.2. The highest BCUT2D eigenvalue weighted by molar-refractivity contribution is 7.88. The van der Waals surface area contributed by atoms with Gasteiger partial charge in [0.25, 0.3) is 0 Å². The van der Waals surface area contributed by atoms with E-state index in [-0.39, 0.29) is 24.1 Å². The summed E-state index contributed by atoms with van der Waals surface area (Å²) in [5, 5.41) is 2.88. The van der Waals surface area contributed by atoms with Crippen LogP contribution in [-0.2, 0) is 14.8 Å². The third kappa shape index (κ3) is 4.31. The fourth-order valence-electron chi connectivity index (χ4n) is 2.85. The largest absolute Gasteiger partial charge is 0.375 e. The molecule has 2 aliphatic rings. The van der Waals surface area contributed by atoms with Crippen LogP contribution in [-0.4, -0.2) is 74.8 Å². The van der Waals surface area contributed by atoms with Crippen LogP contribution in [0.2, 0.25) is 0 Å². The lowest BCUT2D eigenvalue weighted by Gasteiger charge is -2.38. The third-order valence-electron chi connectivity index (χ3n) is 3.98. The van der Waals surface area contributed by atoms with Crippen molar-refractivity contribution in [2.75, 3.05) is 39.0 Å². The number of piperidine rings is 1. The lowest BCUT2D eigenvalue weighted by atomic mass is 9.94.